The third kappa shape index (κ3) is 1.55. The fraction of sp³-hybridized carbons (Fsp3) is 0.182. The molecule has 0 bridgehead atoms. The molecule has 3 aromatic rings. The van der Waals surface area contributed by atoms with Crippen molar-refractivity contribution in [1.29, 1.82) is 5.26 Å². The van der Waals surface area contributed by atoms with Crippen molar-refractivity contribution in [3.63, 3.8) is 0 Å². The summed E-state index contributed by atoms with van der Waals surface area (Å²) >= 11 is 3.12. The van der Waals surface area contributed by atoms with Gasteiger partial charge in [0.15, 0.2) is 5.69 Å². The molecule has 4 nitrogen and oxygen atoms in total. The first-order valence-corrected chi connectivity index (χ1v) is 6.85. The van der Waals surface area contributed by atoms with Gasteiger partial charge < -0.3 is 0 Å². The van der Waals surface area contributed by atoms with Crippen LogP contribution in [0.3, 0.4) is 0 Å². The van der Waals surface area contributed by atoms with Gasteiger partial charge in [0.05, 0.1) is 4.88 Å². The molecule has 6 heteroatoms. The number of fused-ring (bicyclic) bond motifs is 1. The molecule has 0 atom stereocenters. The number of aryl methyl sites for hydroxylation is 1. The van der Waals surface area contributed by atoms with E-state index in [0.29, 0.717) is 5.69 Å². The lowest BCUT2D eigenvalue weighted by Crippen LogP contribution is -1.91. The molecule has 0 N–H and O–H groups in total. The third-order valence-electron chi connectivity index (χ3n) is 2.41. The second kappa shape index (κ2) is 3.95. The summed E-state index contributed by atoms with van der Waals surface area (Å²) in [6, 6.07) is 6.12. The van der Waals surface area contributed by atoms with Crippen molar-refractivity contribution in [2.75, 3.05) is 0 Å². The Kier molecular flexibility index (Phi) is 2.42. The monoisotopic (exact) mass is 260 g/mol. The zero-order valence-corrected chi connectivity index (χ0v) is 10.7. The number of hydrogen-bond donors (Lipinski definition) is 0. The van der Waals surface area contributed by atoms with Gasteiger partial charge in [-0.05, 0) is 17.9 Å². The molecule has 0 aliphatic carbocycles. The summed E-state index contributed by atoms with van der Waals surface area (Å²) in [6.45, 7) is 2.05. The predicted molar refractivity (Wildman–Crippen MR) is 68.3 cm³/mol. The molecule has 84 valence electrons. The molecule has 0 radical (unpaired) electrons. The van der Waals surface area contributed by atoms with E-state index in [9.17, 15) is 5.26 Å². The Hall–Kier alpha value is -1.71. The molecular weight excluding hydrogens is 252 g/mol. The Morgan fingerprint density at radius 2 is 2.41 bits per heavy atom. The van der Waals surface area contributed by atoms with E-state index in [4.69, 9.17) is 0 Å². The summed E-state index contributed by atoms with van der Waals surface area (Å²) in [4.78, 5) is 6.31. The molecule has 0 aromatic carbocycles. The highest BCUT2D eigenvalue weighted by Gasteiger charge is 2.17. The molecule has 0 spiro atoms. The van der Waals surface area contributed by atoms with Crippen molar-refractivity contribution in [3.05, 3.63) is 28.2 Å². The second-order valence-electron chi connectivity index (χ2n) is 3.44. The lowest BCUT2D eigenvalue weighted by molar-refractivity contribution is 0.899. The molecule has 3 heterocycles. The minimum atomic E-state index is 0.526. The van der Waals surface area contributed by atoms with Crippen molar-refractivity contribution in [1.82, 2.24) is 14.6 Å². The van der Waals surface area contributed by atoms with Crippen molar-refractivity contribution in [2.45, 2.75) is 13.3 Å². The van der Waals surface area contributed by atoms with Crippen molar-refractivity contribution >= 4 is 27.6 Å². The number of thiophene rings is 1. The van der Waals surface area contributed by atoms with E-state index in [0.717, 1.165) is 27.0 Å². The molecule has 0 aliphatic heterocycles. The van der Waals surface area contributed by atoms with Crippen LogP contribution in [0.1, 0.15) is 17.6 Å². The minimum absolute atomic E-state index is 0.526. The maximum absolute atomic E-state index is 9.24. The molecule has 3 aromatic heterocycles. The highest BCUT2D eigenvalue weighted by atomic mass is 32.1. The highest BCUT2D eigenvalue weighted by Crippen LogP contribution is 2.29. The molecule has 17 heavy (non-hydrogen) atoms. The Morgan fingerprint density at radius 3 is 3.06 bits per heavy atom. The van der Waals surface area contributed by atoms with Crippen LogP contribution in [0.4, 0.5) is 0 Å². The minimum Gasteiger partial charge on any atom is -0.215 e. The zero-order valence-electron chi connectivity index (χ0n) is 9.04. The number of hydrogen-bond acceptors (Lipinski definition) is 5. The average Bonchev–Trinajstić information content (AvgIpc) is 3.02. The van der Waals surface area contributed by atoms with Crippen LogP contribution in [-0.4, -0.2) is 14.6 Å². The van der Waals surface area contributed by atoms with Gasteiger partial charge in [-0.25, -0.2) is 4.98 Å². The largest absolute Gasteiger partial charge is 0.215 e. The Labute approximate surface area is 106 Å². The number of nitriles is 1. The molecule has 0 fully saturated rings. The first-order valence-electron chi connectivity index (χ1n) is 5.16. The van der Waals surface area contributed by atoms with E-state index in [1.807, 2.05) is 24.4 Å². The van der Waals surface area contributed by atoms with E-state index in [1.54, 1.807) is 15.9 Å². The maximum Gasteiger partial charge on any atom is 0.214 e. The molecule has 0 saturated heterocycles. The molecule has 0 unspecified atom stereocenters. The van der Waals surface area contributed by atoms with Gasteiger partial charge in [-0.1, -0.05) is 24.3 Å². The van der Waals surface area contributed by atoms with Gasteiger partial charge in [0.1, 0.15) is 16.8 Å². The van der Waals surface area contributed by atoms with Crippen LogP contribution in [0.2, 0.25) is 0 Å². The highest BCUT2D eigenvalue weighted by molar-refractivity contribution is 7.16. The number of rotatable bonds is 2. The normalized spacial score (nSPS) is 10.8. The first-order chi connectivity index (χ1) is 8.33. The van der Waals surface area contributed by atoms with Gasteiger partial charge in [-0.15, -0.1) is 11.3 Å². The molecule has 0 amide bonds. The standard InChI is InChI=1S/C11H8N4S2/c1-2-9-14-15-7(6-12)10(13-11(15)17-9)8-4-3-5-16-8/h3-5H,2H2,1H3. The van der Waals surface area contributed by atoms with E-state index < -0.39 is 0 Å². The lowest BCUT2D eigenvalue weighted by Gasteiger charge is -1.91. The number of nitrogens with zero attached hydrogens (tertiary/aromatic N) is 4. The maximum atomic E-state index is 9.24. The fourth-order valence-electron chi connectivity index (χ4n) is 1.62. The third-order valence-corrected chi connectivity index (χ3v) is 4.34. The molecule has 3 rings (SSSR count). The smallest absolute Gasteiger partial charge is 0.214 e. The van der Waals surface area contributed by atoms with Gasteiger partial charge in [-0.3, -0.25) is 0 Å². The van der Waals surface area contributed by atoms with E-state index in [1.165, 1.54) is 11.3 Å². The van der Waals surface area contributed by atoms with Gasteiger partial charge in [-0.2, -0.15) is 14.9 Å². The summed E-state index contributed by atoms with van der Waals surface area (Å²) in [5.41, 5.74) is 1.27. The molecule has 0 aliphatic rings. The Balaban J connectivity index is 2.27. The zero-order chi connectivity index (χ0) is 11.8. The summed E-state index contributed by atoms with van der Waals surface area (Å²) in [6.07, 6.45) is 0.868. The van der Waals surface area contributed by atoms with E-state index in [-0.39, 0.29) is 0 Å². The Bertz CT molecular complexity index is 700. The predicted octanol–water partition coefficient (Wildman–Crippen LogP) is 2.95. The van der Waals surface area contributed by atoms with Crippen LogP contribution < -0.4 is 0 Å². The van der Waals surface area contributed by atoms with Crippen LogP contribution in [0.15, 0.2) is 17.5 Å². The fourth-order valence-corrected chi connectivity index (χ4v) is 3.16. The van der Waals surface area contributed by atoms with Crippen LogP contribution in [0.25, 0.3) is 15.5 Å². The van der Waals surface area contributed by atoms with Crippen LogP contribution in [0, 0.1) is 11.3 Å². The average molecular weight is 260 g/mol. The SMILES string of the molecule is CCc1nn2c(C#N)c(-c3cccs3)nc2s1. The van der Waals surface area contributed by atoms with Crippen LogP contribution in [-0.2, 0) is 6.42 Å². The van der Waals surface area contributed by atoms with Gasteiger partial charge in [0.2, 0.25) is 4.96 Å². The number of aromatic nitrogens is 3. The van der Waals surface area contributed by atoms with Crippen molar-refractivity contribution in [2.24, 2.45) is 0 Å². The van der Waals surface area contributed by atoms with Crippen molar-refractivity contribution in [3.8, 4) is 16.6 Å². The quantitative estimate of drug-likeness (QED) is 0.711. The van der Waals surface area contributed by atoms with Gasteiger partial charge in [0, 0.05) is 0 Å². The Morgan fingerprint density at radius 1 is 1.53 bits per heavy atom. The van der Waals surface area contributed by atoms with Gasteiger partial charge in [0.25, 0.3) is 0 Å². The summed E-state index contributed by atoms with van der Waals surface area (Å²) < 4.78 is 1.65. The summed E-state index contributed by atoms with van der Waals surface area (Å²) in [5, 5.41) is 16.6. The van der Waals surface area contributed by atoms with Crippen molar-refractivity contribution < 1.29 is 0 Å². The second-order valence-corrected chi connectivity index (χ2v) is 5.43. The van der Waals surface area contributed by atoms with Gasteiger partial charge >= 0.3 is 0 Å². The first kappa shape index (κ1) is 10.4. The molecular formula is C11H8N4S2. The van der Waals surface area contributed by atoms with Crippen LogP contribution in [0.5, 0.6) is 0 Å². The number of imidazole rings is 1. The summed E-state index contributed by atoms with van der Waals surface area (Å²) in [5.74, 6) is 0. The van der Waals surface area contributed by atoms with Crippen LogP contribution >= 0.6 is 22.7 Å². The molecule has 0 saturated carbocycles. The summed E-state index contributed by atoms with van der Waals surface area (Å²) in [7, 11) is 0. The lowest BCUT2D eigenvalue weighted by atomic mass is 10.3. The van der Waals surface area contributed by atoms with E-state index >= 15 is 0 Å². The topological polar surface area (TPSA) is 54.0 Å². The van der Waals surface area contributed by atoms with E-state index in [2.05, 4.69) is 16.2 Å².